The first-order chi connectivity index (χ1) is 6.02. The monoisotopic (exact) mass is 183 g/mol. The molecule has 4 heteroatoms. The van der Waals surface area contributed by atoms with E-state index in [1.165, 1.54) is 5.01 Å². The van der Waals surface area contributed by atoms with Crippen molar-refractivity contribution >= 4 is 11.7 Å². The van der Waals surface area contributed by atoms with Crippen LogP contribution in [0.1, 0.15) is 33.1 Å². The maximum Gasteiger partial charge on any atom is 0.256 e. The Morgan fingerprint density at radius 1 is 1.62 bits per heavy atom. The van der Waals surface area contributed by atoms with Gasteiger partial charge in [-0.15, -0.1) is 0 Å². The van der Waals surface area contributed by atoms with Crippen LogP contribution in [0.3, 0.4) is 0 Å². The van der Waals surface area contributed by atoms with Gasteiger partial charge in [-0.05, 0) is 13.3 Å². The molecule has 1 unspecified atom stereocenters. The molecule has 0 aliphatic carbocycles. The molecule has 0 saturated carbocycles. The molecule has 0 aromatic heterocycles. The lowest BCUT2D eigenvalue weighted by Crippen LogP contribution is -2.39. The van der Waals surface area contributed by atoms with Crippen LogP contribution in [-0.4, -0.2) is 23.8 Å². The Hall–Kier alpha value is -1.06. The summed E-state index contributed by atoms with van der Waals surface area (Å²) < 4.78 is 0. The molecule has 74 valence electrons. The second-order valence-electron chi connectivity index (χ2n) is 3.75. The molecule has 1 heterocycles. The number of hydrogen-bond donors (Lipinski definition) is 1. The standard InChI is InChI=1S/C9H17N3O/c1-4-5-6-9(2)7(10)11-12(3)8(9)13/h4-6H2,1-3H3,(H2,10,11). The first-order valence-electron chi connectivity index (χ1n) is 4.65. The molecule has 0 fully saturated rings. The SMILES string of the molecule is CCCCC1(C)C(=O)N(C)N=C1N. The van der Waals surface area contributed by atoms with Crippen molar-refractivity contribution in [3.63, 3.8) is 0 Å². The quantitative estimate of drug-likeness (QED) is 0.707. The topological polar surface area (TPSA) is 58.7 Å². The molecule has 13 heavy (non-hydrogen) atoms. The van der Waals surface area contributed by atoms with Gasteiger partial charge >= 0.3 is 0 Å². The first kappa shape index (κ1) is 10.0. The van der Waals surface area contributed by atoms with Gasteiger partial charge in [0.05, 0.1) is 0 Å². The fourth-order valence-electron chi connectivity index (χ4n) is 1.55. The van der Waals surface area contributed by atoms with E-state index >= 15 is 0 Å². The Bertz CT molecular complexity index is 249. The van der Waals surface area contributed by atoms with Crippen LogP contribution in [0.2, 0.25) is 0 Å². The molecule has 1 aliphatic heterocycles. The van der Waals surface area contributed by atoms with E-state index in [2.05, 4.69) is 12.0 Å². The summed E-state index contributed by atoms with van der Waals surface area (Å²) in [5.74, 6) is 0.465. The number of nitrogens with two attached hydrogens (primary N) is 1. The van der Waals surface area contributed by atoms with E-state index in [1.807, 2.05) is 6.92 Å². The first-order valence-corrected chi connectivity index (χ1v) is 4.65. The van der Waals surface area contributed by atoms with Gasteiger partial charge in [0, 0.05) is 7.05 Å². The van der Waals surface area contributed by atoms with Gasteiger partial charge in [0.2, 0.25) is 0 Å². The van der Waals surface area contributed by atoms with Crippen LogP contribution >= 0.6 is 0 Å². The van der Waals surface area contributed by atoms with Crippen molar-refractivity contribution in [3.05, 3.63) is 0 Å². The number of hydrazone groups is 1. The highest BCUT2D eigenvalue weighted by Gasteiger charge is 2.43. The number of amidine groups is 1. The van der Waals surface area contributed by atoms with Gasteiger partial charge in [-0.3, -0.25) is 4.79 Å². The maximum atomic E-state index is 11.7. The smallest absolute Gasteiger partial charge is 0.256 e. The molecule has 2 N–H and O–H groups in total. The summed E-state index contributed by atoms with van der Waals surface area (Å²) in [6, 6.07) is 0. The average molecular weight is 183 g/mol. The van der Waals surface area contributed by atoms with Gasteiger partial charge in [0.15, 0.2) is 0 Å². The molecule has 0 bridgehead atoms. The number of carbonyl (C=O) groups is 1. The Morgan fingerprint density at radius 2 is 2.23 bits per heavy atom. The molecule has 1 amide bonds. The molecule has 0 saturated heterocycles. The summed E-state index contributed by atoms with van der Waals surface area (Å²) in [6.45, 7) is 3.97. The van der Waals surface area contributed by atoms with Crippen molar-refractivity contribution in [3.8, 4) is 0 Å². The molecule has 1 rings (SSSR count). The summed E-state index contributed by atoms with van der Waals surface area (Å²) >= 11 is 0. The number of hydrogen-bond acceptors (Lipinski definition) is 3. The molecule has 0 aromatic carbocycles. The highest BCUT2D eigenvalue weighted by Crippen LogP contribution is 2.31. The lowest BCUT2D eigenvalue weighted by molar-refractivity contribution is -0.134. The summed E-state index contributed by atoms with van der Waals surface area (Å²) in [5.41, 5.74) is 5.17. The molecule has 0 radical (unpaired) electrons. The second-order valence-corrected chi connectivity index (χ2v) is 3.75. The van der Waals surface area contributed by atoms with Crippen molar-refractivity contribution in [1.29, 1.82) is 0 Å². The fourth-order valence-corrected chi connectivity index (χ4v) is 1.55. The highest BCUT2D eigenvalue weighted by molar-refractivity contribution is 6.09. The summed E-state index contributed by atoms with van der Waals surface area (Å²) in [7, 11) is 1.65. The van der Waals surface area contributed by atoms with Crippen molar-refractivity contribution in [2.45, 2.75) is 33.1 Å². The zero-order chi connectivity index (χ0) is 10.1. The minimum atomic E-state index is -0.551. The van der Waals surface area contributed by atoms with Crippen LogP contribution in [0.25, 0.3) is 0 Å². The predicted molar refractivity (Wildman–Crippen MR) is 52.0 cm³/mol. The van der Waals surface area contributed by atoms with Crippen LogP contribution in [0.5, 0.6) is 0 Å². The van der Waals surface area contributed by atoms with E-state index in [1.54, 1.807) is 7.05 Å². The van der Waals surface area contributed by atoms with Crippen LogP contribution in [0, 0.1) is 5.41 Å². The Kier molecular flexibility index (Phi) is 2.59. The predicted octanol–water partition coefficient (Wildman–Crippen LogP) is 0.927. The van der Waals surface area contributed by atoms with Gasteiger partial charge in [0.1, 0.15) is 11.3 Å². The van der Waals surface area contributed by atoms with E-state index in [4.69, 9.17) is 5.73 Å². The molecular weight excluding hydrogens is 166 g/mol. The zero-order valence-corrected chi connectivity index (χ0v) is 8.50. The fraction of sp³-hybridized carbons (Fsp3) is 0.778. The number of unbranched alkanes of at least 4 members (excludes halogenated alkanes) is 1. The summed E-state index contributed by atoms with van der Waals surface area (Å²) in [4.78, 5) is 11.7. The minimum absolute atomic E-state index is 0.0125. The normalized spacial score (nSPS) is 28.1. The number of amides is 1. The lowest BCUT2D eigenvalue weighted by atomic mass is 9.83. The molecule has 0 spiro atoms. The van der Waals surface area contributed by atoms with Crippen LogP contribution < -0.4 is 5.73 Å². The summed E-state index contributed by atoms with van der Waals surface area (Å²) in [5, 5.41) is 5.29. The van der Waals surface area contributed by atoms with Crippen molar-refractivity contribution in [2.24, 2.45) is 16.3 Å². The van der Waals surface area contributed by atoms with Crippen molar-refractivity contribution in [2.75, 3.05) is 7.05 Å². The molecule has 1 aliphatic rings. The van der Waals surface area contributed by atoms with E-state index in [9.17, 15) is 4.79 Å². The third kappa shape index (κ3) is 1.53. The number of rotatable bonds is 3. The average Bonchev–Trinajstić information content (AvgIpc) is 2.28. The largest absolute Gasteiger partial charge is 0.385 e. The Labute approximate surface area is 78.8 Å². The maximum absolute atomic E-state index is 11.7. The van der Waals surface area contributed by atoms with E-state index in [-0.39, 0.29) is 5.91 Å². The zero-order valence-electron chi connectivity index (χ0n) is 8.50. The van der Waals surface area contributed by atoms with Gasteiger partial charge in [-0.1, -0.05) is 19.8 Å². The Balaban J connectivity index is 2.77. The van der Waals surface area contributed by atoms with Crippen LogP contribution in [-0.2, 0) is 4.79 Å². The van der Waals surface area contributed by atoms with Crippen LogP contribution in [0.4, 0.5) is 0 Å². The molecule has 4 nitrogen and oxygen atoms in total. The third-order valence-electron chi connectivity index (χ3n) is 2.62. The van der Waals surface area contributed by atoms with E-state index in [0.29, 0.717) is 5.84 Å². The highest BCUT2D eigenvalue weighted by atomic mass is 16.2. The molecule has 1 atom stereocenters. The Morgan fingerprint density at radius 3 is 2.62 bits per heavy atom. The van der Waals surface area contributed by atoms with Crippen LogP contribution in [0.15, 0.2) is 5.10 Å². The second kappa shape index (κ2) is 3.36. The van der Waals surface area contributed by atoms with E-state index < -0.39 is 5.41 Å². The van der Waals surface area contributed by atoms with Gasteiger partial charge < -0.3 is 5.73 Å². The molecule has 0 aromatic rings. The number of carbonyl (C=O) groups excluding carboxylic acids is 1. The van der Waals surface area contributed by atoms with Gasteiger partial charge in [-0.25, -0.2) is 5.01 Å². The number of nitrogens with zero attached hydrogens (tertiary/aromatic N) is 2. The van der Waals surface area contributed by atoms with Crippen molar-refractivity contribution in [1.82, 2.24) is 5.01 Å². The van der Waals surface area contributed by atoms with E-state index in [0.717, 1.165) is 19.3 Å². The van der Waals surface area contributed by atoms with Gasteiger partial charge in [-0.2, -0.15) is 5.10 Å². The summed E-state index contributed by atoms with van der Waals surface area (Å²) in [6.07, 6.45) is 2.87. The van der Waals surface area contributed by atoms with Crippen molar-refractivity contribution < 1.29 is 4.79 Å². The minimum Gasteiger partial charge on any atom is -0.385 e. The molecular formula is C9H17N3O. The lowest BCUT2D eigenvalue weighted by Gasteiger charge is -2.21. The third-order valence-corrected chi connectivity index (χ3v) is 2.62. The van der Waals surface area contributed by atoms with Gasteiger partial charge in [0.25, 0.3) is 5.91 Å².